The third-order valence-corrected chi connectivity index (χ3v) is 4.96. The fourth-order valence-electron chi connectivity index (χ4n) is 3.30. The molecule has 0 aliphatic carbocycles. The highest BCUT2D eigenvalue weighted by atomic mass is 19.1. The van der Waals surface area contributed by atoms with Crippen LogP contribution in [-0.4, -0.2) is 54.1 Å². The minimum absolute atomic E-state index is 0.0523. The second kappa shape index (κ2) is 7.05. The molecule has 0 radical (unpaired) electrons. The molecule has 0 unspecified atom stereocenters. The average molecular weight is 363 g/mol. The number of methoxy groups -OCH3 is 1. The number of aromatic nitrogens is 1. The topological polar surface area (TPSA) is 107 Å². The van der Waals surface area contributed by atoms with Gasteiger partial charge in [0.05, 0.1) is 18.7 Å². The molecule has 2 heterocycles. The molecule has 0 spiro atoms. The lowest BCUT2D eigenvalue weighted by molar-refractivity contribution is -0.0379. The quantitative estimate of drug-likeness (QED) is 0.711. The van der Waals surface area contributed by atoms with Gasteiger partial charge in [0.1, 0.15) is 24.1 Å². The summed E-state index contributed by atoms with van der Waals surface area (Å²) in [6.45, 7) is 1.87. The molecule has 26 heavy (non-hydrogen) atoms. The maximum absolute atomic E-state index is 14.0. The normalized spacial score (nSPS) is 25.4. The SMILES string of the molecule is CC[C@]1(O)[C@H](F)CN[C@@H]1COc1nccc2cc(C(N)=O)c(OC)cc12. The number of carbonyl (C=O) groups is 1. The van der Waals surface area contributed by atoms with Crippen LogP contribution in [0.4, 0.5) is 4.39 Å². The zero-order chi connectivity index (χ0) is 18.9. The summed E-state index contributed by atoms with van der Waals surface area (Å²) in [7, 11) is 1.44. The van der Waals surface area contributed by atoms with Crippen molar-refractivity contribution in [2.24, 2.45) is 5.73 Å². The first kappa shape index (κ1) is 18.3. The van der Waals surface area contributed by atoms with Gasteiger partial charge in [0.15, 0.2) is 0 Å². The van der Waals surface area contributed by atoms with Crippen LogP contribution < -0.4 is 20.5 Å². The molecular formula is C18H22FN3O4. The summed E-state index contributed by atoms with van der Waals surface area (Å²) in [5.74, 6) is 0.0234. The third kappa shape index (κ3) is 3.06. The number of hydrogen-bond donors (Lipinski definition) is 3. The van der Waals surface area contributed by atoms with E-state index in [9.17, 15) is 14.3 Å². The van der Waals surface area contributed by atoms with E-state index in [2.05, 4.69) is 10.3 Å². The van der Waals surface area contributed by atoms with Gasteiger partial charge in [-0.05, 0) is 30.0 Å². The molecule has 1 fully saturated rings. The van der Waals surface area contributed by atoms with E-state index in [1.807, 2.05) is 0 Å². The molecule has 4 N–H and O–H groups in total. The van der Waals surface area contributed by atoms with Gasteiger partial charge >= 0.3 is 0 Å². The van der Waals surface area contributed by atoms with E-state index in [0.717, 1.165) is 0 Å². The maximum atomic E-state index is 14.0. The number of fused-ring (bicyclic) bond motifs is 1. The molecule has 3 rings (SSSR count). The Morgan fingerprint density at radius 3 is 2.96 bits per heavy atom. The van der Waals surface area contributed by atoms with Gasteiger partial charge in [-0.3, -0.25) is 4.79 Å². The molecule has 0 saturated carbocycles. The number of rotatable bonds is 6. The predicted octanol–water partition coefficient (Wildman–Crippen LogP) is 1.17. The van der Waals surface area contributed by atoms with Crippen molar-refractivity contribution in [2.45, 2.75) is 31.2 Å². The van der Waals surface area contributed by atoms with Crippen molar-refractivity contribution in [3.63, 3.8) is 0 Å². The average Bonchev–Trinajstić information content (AvgIpc) is 2.93. The van der Waals surface area contributed by atoms with Gasteiger partial charge in [0, 0.05) is 18.1 Å². The summed E-state index contributed by atoms with van der Waals surface area (Å²) < 4.78 is 25.0. The highest BCUT2D eigenvalue weighted by Crippen LogP contribution is 2.32. The lowest BCUT2D eigenvalue weighted by atomic mass is 9.91. The van der Waals surface area contributed by atoms with E-state index in [-0.39, 0.29) is 25.1 Å². The number of amides is 1. The largest absolute Gasteiger partial charge is 0.496 e. The highest BCUT2D eigenvalue weighted by Gasteiger charge is 2.48. The van der Waals surface area contributed by atoms with Gasteiger partial charge < -0.3 is 25.6 Å². The molecule has 140 valence electrons. The number of carbonyl (C=O) groups excluding carboxylic acids is 1. The lowest BCUT2D eigenvalue weighted by Crippen LogP contribution is -2.49. The van der Waals surface area contributed by atoms with Crippen molar-refractivity contribution in [2.75, 3.05) is 20.3 Å². The van der Waals surface area contributed by atoms with Crippen molar-refractivity contribution in [3.8, 4) is 11.6 Å². The van der Waals surface area contributed by atoms with Gasteiger partial charge in [0.2, 0.25) is 5.88 Å². The first-order valence-corrected chi connectivity index (χ1v) is 8.40. The van der Waals surface area contributed by atoms with E-state index < -0.39 is 23.7 Å². The smallest absolute Gasteiger partial charge is 0.252 e. The maximum Gasteiger partial charge on any atom is 0.252 e. The lowest BCUT2D eigenvalue weighted by Gasteiger charge is -2.29. The number of hydrogen-bond acceptors (Lipinski definition) is 6. The summed E-state index contributed by atoms with van der Waals surface area (Å²) in [5, 5.41) is 14.8. The minimum Gasteiger partial charge on any atom is -0.496 e. The Kier molecular flexibility index (Phi) is 4.97. The molecule has 7 nitrogen and oxygen atoms in total. The van der Waals surface area contributed by atoms with Crippen LogP contribution in [0.25, 0.3) is 10.8 Å². The van der Waals surface area contributed by atoms with Crippen LogP contribution in [0.5, 0.6) is 11.6 Å². The van der Waals surface area contributed by atoms with Crippen LogP contribution >= 0.6 is 0 Å². The fraction of sp³-hybridized carbons (Fsp3) is 0.444. The van der Waals surface area contributed by atoms with E-state index >= 15 is 0 Å². The Hall–Kier alpha value is -2.45. The summed E-state index contributed by atoms with van der Waals surface area (Å²) in [6, 6.07) is 4.41. The molecule has 1 aromatic heterocycles. The van der Waals surface area contributed by atoms with Crippen LogP contribution in [0, 0.1) is 0 Å². The van der Waals surface area contributed by atoms with Gasteiger partial charge in [-0.15, -0.1) is 0 Å². The Morgan fingerprint density at radius 2 is 2.31 bits per heavy atom. The molecular weight excluding hydrogens is 341 g/mol. The van der Waals surface area contributed by atoms with Gasteiger partial charge in [-0.1, -0.05) is 6.92 Å². The molecule has 1 amide bonds. The number of aliphatic hydroxyl groups is 1. The Morgan fingerprint density at radius 1 is 1.54 bits per heavy atom. The van der Waals surface area contributed by atoms with Gasteiger partial charge in [0.25, 0.3) is 5.91 Å². The fourth-order valence-corrected chi connectivity index (χ4v) is 3.30. The molecule has 1 aliphatic rings. The summed E-state index contributed by atoms with van der Waals surface area (Å²) >= 11 is 0. The zero-order valence-corrected chi connectivity index (χ0v) is 14.7. The van der Waals surface area contributed by atoms with Crippen LogP contribution in [0.1, 0.15) is 23.7 Å². The summed E-state index contributed by atoms with van der Waals surface area (Å²) in [5.41, 5.74) is 4.17. The van der Waals surface area contributed by atoms with Gasteiger partial charge in [-0.2, -0.15) is 0 Å². The van der Waals surface area contributed by atoms with Crippen LogP contribution in [-0.2, 0) is 0 Å². The van der Waals surface area contributed by atoms with Crippen molar-refractivity contribution in [1.82, 2.24) is 10.3 Å². The number of ether oxygens (including phenoxy) is 2. The molecule has 1 saturated heterocycles. The number of halogens is 1. The Bertz CT molecular complexity index is 831. The molecule has 3 atom stereocenters. The Labute approximate surface area is 150 Å². The van der Waals surface area contributed by atoms with Crippen molar-refractivity contribution in [1.29, 1.82) is 0 Å². The molecule has 0 bridgehead atoms. The molecule has 2 aromatic rings. The number of alkyl halides is 1. The van der Waals surface area contributed by atoms with E-state index in [1.54, 1.807) is 31.3 Å². The first-order valence-electron chi connectivity index (χ1n) is 8.40. The minimum atomic E-state index is -1.47. The number of nitrogens with two attached hydrogens (primary N) is 1. The number of benzene rings is 1. The second-order valence-corrected chi connectivity index (χ2v) is 6.34. The first-order chi connectivity index (χ1) is 12.4. The summed E-state index contributed by atoms with van der Waals surface area (Å²) in [4.78, 5) is 15.8. The number of pyridine rings is 1. The monoisotopic (exact) mass is 363 g/mol. The van der Waals surface area contributed by atoms with E-state index in [4.69, 9.17) is 15.2 Å². The molecule has 1 aromatic carbocycles. The third-order valence-electron chi connectivity index (χ3n) is 4.96. The predicted molar refractivity (Wildman–Crippen MR) is 94.2 cm³/mol. The Balaban J connectivity index is 1.90. The van der Waals surface area contributed by atoms with Crippen molar-refractivity contribution >= 4 is 16.7 Å². The zero-order valence-electron chi connectivity index (χ0n) is 14.7. The van der Waals surface area contributed by atoms with Crippen molar-refractivity contribution < 1.29 is 23.8 Å². The number of nitrogens with one attached hydrogen (secondary N) is 1. The van der Waals surface area contributed by atoms with Gasteiger partial charge in [-0.25, -0.2) is 9.37 Å². The number of primary amides is 1. The molecule has 8 heteroatoms. The number of nitrogens with zero attached hydrogens (tertiary/aromatic N) is 1. The van der Waals surface area contributed by atoms with E-state index in [1.165, 1.54) is 7.11 Å². The standard InChI is InChI=1S/C18H22FN3O4/c1-3-18(24)14(19)8-22-15(18)9-26-17-11-7-13(25-2)12(16(20)23)6-10(11)4-5-21-17/h4-7,14-15,22,24H,3,8-9H2,1-2H3,(H2,20,23)/t14-,15-,18+/m1/s1. The summed E-state index contributed by atoms with van der Waals surface area (Å²) in [6.07, 6.45) is 0.467. The highest BCUT2D eigenvalue weighted by molar-refractivity contribution is 6.01. The van der Waals surface area contributed by atoms with Crippen LogP contribution in [0.3, 0.4) is 0 Å². The second-order valence-electron chi connectivity index (χ2n) is 6.34. The van der Waals surface area contributed by atoms with E-state index in [0.29, 0.717) is 22.4 Å². The van der Waals surface area contributed by atoms with Crippen LogP contribution in [0.2, 0.25) is 0 Å². The molecule has 1 aliphatic heterocycles. The van der Waals surface area contributed by atoms with Crippen LogP contribution in [0.15, 0.2) is 24.4 Å². The van der Waals surface area contributed by atoms with Crippen molar-refractivity contribution in [3.05, 3.63) is 30.0 Å².